The van der Waals surface area contributed by atoms with Crippen LogP contribution in [-0.2, 0) is 36.4 Å². The fraction of sp³-hybridized carbons (Fsp3) is 1.00. The minimum absolute atomic E-state index is 0.151. The number of rotatable bonds is 8. The molecule has 8 nitrogen and oxygen atoms in total. The van der Waals surface area contributed by atoms with Crippen molar-refractivity contribution in [2.75, 3.05) is 61.4 Å². The van der Waals surface area contributed by atoms with Crippen LogP contribution in [0.25, 0.3) is 0 Å². The summed E-state index contributed by atoms with van der Waals surface area (Å²) < 4.78 is 71.5. The molecule has 0 bridgehead atoms. The summed E-state index contributed by atoms with van der Waals surface area (Å²) in [5.74, 6) is 2.88. The van der Waals surface area contributed by atoms with Crippen LogP contribution in [0.3, 0.4) is 0 Å². The minimum atomic E-state index is -2.71. The van der Waals surface area contributed by atoms with Crippen LogP contribution < -0.4 is 0 Å². The quantitative estimate of drug-likeness (QED) is 0.234. The van der Waals surface area contributed by atoms with Crippen LogP contribution in [0.4, 0.5) is 0 Å². The molecule has 0 aliphatic carbocycles. The van der Waals surface area contributed by atoms with E-state index in [4.69, 9.17) is 18.1 Å². The molecule has 2 heterocycles. The number of hydrogen-bond acceptors (Lipinski definition) is 8. The first-order valence-electron chi connectivity index (χ1n) is 11.4. The van der Waals surface area contributed by atoms with Crippen molar-refractivity contribution < 1.29 is 36.4 Å². The van der Waals surface area contributed by atoms with E-state index in [-0.39, 0.29) is 11.8 Å². The van der Waals surface area contributed by atoms with Crippen LogP contribution in [0.5, 0.6) is 0 Å². The van der Waals surface area contributed by atoms with Crippen LogP contribution >= 0.6 is 29.5 Å². The lowest BCUT2D eigenvalue weighted by molar-refractivity contribution is 0.322. The van der Waals surface area contributed by atoms with Crippen molar-refractivity contribution >= 4 is 45.6 Å². The highest BCUT2D eigenvalue weighted by molar-refractivity contribution is 7.81. The Labute approximate surface area is 197 Å². The van der Waals surface area contributed by atoms with Gasteiger partial charge in [-0.05, 0) is 27.7 Å². The van der Waals surface area contributed by atoms with Gasteiger partial charge in [0.1, 0.15) is 11.8 Å². The van der Waals surface area contributed by atoms with E-state index in [1.807, 2.05) is 27.7 Å². The lowest BCUT2D eigenvalue weighted by atomic mass is 10.9. The van der Waals surface area contributed by atoms with Gasteiger partial charge < -0.3 is 18.1 Å². The fourth-order valence-corrected chi connectivity index (χ4v) is 43.4. The molecule has 0 spiro atoms. The molecule has 2 saturated heterocycles. The van der Waals surface area contributed by atoms with Gasteiger partial charge in [0, 0.05) is 23.1 Å². The van der Waals surface area contributed by atoms with Gasteiger partial charge in [0.05, 0.1) is 42.6 Å². The van der Waals surface area contributed by atoms with Gasteiger partial charge in [-0.15, -0.1) is 0 Å². The van der Waals surface area contributed by atoms with Crippen molar-refractivity contribution in [3.05, 3.63) is 0 Å². The maximum Gasteiger partial charge on any atom is 0.210 e. The molecule has 0 saturated carbocycles. The SMILES string of the molecule is CCO[P@@]1(=O)C[Si](C)(C)C[P@](=O)(OCC)C1.CCO[P@@]1(=O)C[Si](C)(C)C[P@](=O)(OCC)C1. The lowest BCUT2D eigenvalue weighted by Crippen LogP contribution is -2.41. The first kappa shape index (κ1) is 31.2. The molecule has 192 valence electrons. The van der Waals surface area contributed by atoms with Crippen LogP contribution in [0.15, 0.2) is 0 Å². The molecule has 2 rings (SSSR count). The highest BCUT2D eigenvalue weighted by Crippen LogP contribution is 2.69. The Kier molecular flexibility index (Phi) is 11.7. The minimum Gasteiger partial charge on any atom is -0.329 e. The standard InChI is InChI=1S/2C9H22O4P2Si/c2*1-5-12-14(10)7-15(11,13-6-2)9-16(3,4)8-14/h2*5-9H2,1-4H3/t2*14-,15-/m11/s1. The summed E-state index contributed by atoms with van der Waals surface area (Å²) in [6.07, 6.45) is 0. The van der Waals surface area contributed by atoms with Gasteiger partial charge in [0.25, 0.3) is 0 Å². The van der Waals surface area contributed by atoms with Crippen molar-refractivity contribution in [2.24, 2.45) is 0 Å². The Bertz CT molecular complexity index is 691. The van der Waals surface area contributed by atoms with E-state index in [2.05, 4.69) is 26.2 Å². The summed E-state index contributed by atoms with van der Waals surface area (Å²) in [4.78, 5) is 0. The summed E-state index contributed by atoms with van der Waals surface area (Å²) >= 11 is 0. The Balaban J connectivity index is 0.000000320. The van der Waals surface area contributed by atoms with Gasteiger partial charge in [-0.2, -0.15) is 0 Å². The Morgan fingerprint density at radius 3 is 0.844 bits per heavy atom. The molecule has 2 aliphatic rings. The summed E-state index contributed by atoms with van der Waals surface area (Å²) in [6, 6.07) is 0. The van der Waals surface area contributed by atoms with Crippen molar-refractivity contribution in [2.45, 2.75) is 53.9 Å². The zero-order valence-corrected chi connectivity index (χ0v) is 26.7. The summed E-state index contributed by atoms with van der Waals surface area (Å²) in [5.41, 5.74) is 0. The topological polar surface area (TPSA) is 105 Å². The van der Waals surface area contributed by atoms with Gasteiger partial charge in [0.2, 0.25) is 29.5 Å². The molecule has 0 amide bonds. The summed E-state index contributed by atoms with van der Waals surface area (Å²) in [5, 5.41) is 0. The van der Waals surface area contributed by atoms with Crippen LogP contribution in [0, 0.1) is 0 Å². The molecule has 32 heavy (non-hydrogen) atoms. The van der Waals surface area contributed by atoms with Gasteiger partial charge in [-0.3, -0.25) is 18.3 Å². The molecule has 14 heteroatoms. The van der Waals surface area contributed by atoms with E-state index in [1.165, 1.54) is 0 Å². The van der Waals surface area contributed by atoms with Crippen molar-refractivity contribution in [1.82, 2.24) is 0 Å². The van der Waals surface area contributed by atoms with Crippen LogP contribution in [0.2, 0.25) is 26.2 Å². The van der Waals surface area contributed by atoms with Gasteiger partial charge >= 0.3 is 0 Å². The molecule has 0 aromatic heterocycles. The van der Waals surface area contributed by atoms with Crippen molar-refractivity contribution in [3.63, 3.8) is 0 Å². The zero-order chi connectivity index (χ0) is 24.9. The predicted octanol–water partition coefficient (Wildman–Crippen LogP) is 6.75. The van der Waals surface area contributed by atoms with E-state index in [0.29, 0.717) is 49.6 Å². The lowest BCUT2D eigenvalue weighted by Gasteiger charge is -2.37. The summed E-state index contributed by atoms with van der Waals surface area (Å²) in [7, 11) is -14.3. The first-order valence-corrected chi connectivity index (χ1v) is 26.2. The number of hydrogen-bond donors (Lipinski definition) is 0. The predicted molar refractivity (Wildman–Crippen MR) is 141 cm³/mol. The summed E-state index contributed by atoms with van der Waals surface area (Å²) in [6.45, 7) is 17.5. The van der Waals surface area contributed by atoms with Crippen LogP contribution in [0.1, 0.15) is 27.7 Å². The van der Waals surface area contributed by atoms with Gasteiger partial charge in [0.15, 0.2) is 0 Å². The average molecular weight is 569 g/mol. The Morgan fingerprint density at radius 2 is 0.688 bits per heavy atom. The van der Waals surface area contributed by atoms with Gasteiger partial charge in [-0.1, -0.05) is 26.2 Å². The monoisotopic (exact) mass is 568 g/mol. The molecule has 0 radical (unpaired) electrons. The molecule has 2 fully saturated rings. The smallest absolute Gasteiger partial charge is 0.210 e. The second-order valence-electron chi connectivity index (χ2n) is 10.2. The maximum absolute atomic E-state index is 12.5. The van der Waals surface area contributed by atoms with Crippen molar-refractivity contribution in [1.29, 1.82) is 0 Å². The fourth-order valence-electron chi connectivity index (χ4n) is 4.85. The molecule has 2 aliphatic heterocycles. The third-order valence-corrected chi connectivity index (χ3v) is 36.2. The second kappa shape index (κ2) is 12.0. The second-order valence-corrected chi connectivity index (χ2v) is 33.7. The highest BCUT2D eigenvalue weighted by Gasteiger charge is 2.50. The van der Waals surface area contributed by atoms with E-state index >= 15 is 0 Å². The molecular formula is C18H44O8P4Si2. The normalized spacial score (nSPS) is 38.5. The van der Waals surface area contributed by atoms with E-state index in [9.17, 15) is 18.3 Å². The first-order chi connectivity index (χ1) is 14.5. The Morgan fingerprint density at radius 1 is 0.500 bits per heavy atom. The third kappa shape index (κ3) is 10.1. The van der Waals surface area contributed by atoms with Crippen molar-refractivity contribution in [3.8, 4) is 0 Å². The Hall–Kier alpha value is 1.19. The molecule has 0 N–H and O–H groups in total. The van der Waals surface area contributed by atoms with Gasteiger partial charge in [-0.25, -0.2) is 0 Å². The average Bonchev–Trinajstić information content (AvgIpc) is 2.49. The zero-order valence-electron chi connectivity index (χ0n) is 21.1. The molecule has 0 aromatic carbocycles. The van der Waals surface area contributed by atoms with Crippen LogP contribution in [-0.4, -0.2) is 77.5 Å². The highest BCUT2D eigenvalue weighted by atomic mass is 31.2. The maximum atomic E-state index is 12.5. The van der Waals surface area contributed by atoms with E-state index in [1.54, 1.807) is 0 Å². The molecular weight excluding hydrogens is 524 g/mol. The largest absolute Gasteiger partial charge is 0.329 e. The van der Waals surface area contributed by atoms with E-state index < -0.39 is 45.6 Å². The third-order valence-electron chi connectivity index (χ3n) is 5.00. The molecule has 0 unspecified atom stereocenters. The molecule has 0 aromatic rings. The molecule has 4 atom stereocenters. The van der Waals surface area contributed by atoms with E-state index in [0.717, 1.165) is 0 Å².